The van der Waals surface area contributed by atoms with Crippen LogP contribution in [-0.4, -0.2) is 21.4 Å². The first kappa shape index (κ1) is 21.8. The molecule has 0 fully saturated rings. The van der Waals surface area contributed by atoms with Gasteiger partial charge >= 0.3 is 0 Å². The normalized spacial score (nSPS) is 11.0. The van der Waals surface area contributed by atoms with Gasteiger partial charge in [0.15, 0.2) is 0 Å². The number of carbonyl (C=O) groups is 1. The quantitative estimate of drug-likeness (QED) is 0.459. The molecule has 7 nitrogen and oxygen atoms in total. The van der Waals surface area contributed by atoms with Crippen molar-refractivity contribution in [2.24, 2.45) is 0 Å². The van der Waals surface area contributed by atoms with E-state index in [1.54, 1.807) is 6.07 Å². The average Bonchev–Trinajstić information content (AvgIpc) is 2.70. The van der Waals surface area contributed by atoms with Gasteiger partial charge in [-0.05, 0) is 60.7 Å². The van der Waals surface area contributed by atoms with Crippen LogP contribution in [0.15, 0.2) is 65.6 Å². The Balaban J connectivity index is 1.87. The van der Waals surface area contributed by atoms with Crippen LogP contribution in [0.5, 0.6) is 5.75 Å². The molecule has 0 heterocycles. The van der Waals surface area contributed by atoms with Gasteiger partial charge in [-0.3, -0.25) is 9.52 Å². The molecule has 0 aromatic heterocycles. The molecule has 0 bridgehead atoms. The molecule has 3 aromatic carbocycles. The molecule has 0 spiro atoms. The third-order valence-corrected chi connectivity index (χ3v) is 6.19. The van der Waals surface area contributed by atoms with Gasteiger partial charge in [-0.15, -0.1) is 0 Å². The van der Waals surface area contributed by atoms with Gasteiger partial charge in [0.05, 0.1) is 27.7 Å². The second-order valence-electron chi connectivity index (χ2n) is 6.17. The molecule has 1 amide bonds. The summed E-state index contributed by atoms with van der Waals surface area (Å²) in [4.78, 5) is 12.5. The minimum Gasteiger partial charge on any atom is -0.495 e. The van der Waals surface area contributed by atoms with E-state index in [-0.39, 0.29) is 21.4 Å². The van der Waals surface area contributed by atoms with E-state index in [1.807, 2.05) is 0 Å². The number of sulfonamides is 1. The minimum atomic E-state index is -3.90. The molecular weight excluding hydrogens is 449 g/mol. The monoisotopic (exact) mass is 465 g/mol. The highest BCUT2D eigenvalue weighted by Crippen LogP contribution is 2.31. The molecule has 0 aliphatic carbocycles. The van der Waals surface area contributed by atoms with Crippen LogP contribution in [-0.2, 0) is 10.0 Å². The van der Waals surface area contributed by atoms with Gasteiger partial charge in [0.2, 0.25) is 0 Å². The van der Waals surface area contributed by atoms with Crippen molar-refractivity contribution in [3.05, 3.63) is 76.3 Å². The number of anilines is 3. The molecule has 156 valence electrons. The molecule has 0 saturated heterocycles. The van der Waals surface area contributed by atoms with Crippen molar-refractivity contribution in [2.75, 3.05) is 22.9 Å². The summed E-state index contributed by atoms with van der Waals surface area (Å²) in [5, 5.41) is 3.26. The Morgan fingerprint density at radius 1 is 0.967 bits per heavy atom. The molecule has 3 rings (SSSR count). The van der Waals surface area contributed by atoms with E-state index in [0.29, 0.717) is 22.0 Å². The largest absolute Gasteiger partial charge is 0.495 e. The fourth-order valence-electron chi connectivity index (χ4n) is 2.56. The van der Waals surface area contributed by atoms with Crippen molar-refractivity contribution in [3.63, 3.8) is 0 Å². The molecule has 4 N–H and O–H groups in total. The number of benzene rings is 3. The molecule has 0 atom stereocenters. The summed E-state index contributed by atoms with van der Waals surface area (Å²) in [5.74, 6) is -0.160. The second-order valence-corrected chi connectivity index (χ2v) is 8.67. The minimum absolute atomic E-state index is 0.0315. The molecule has 30 heavy (non-hydrogen) atoms. The maximum absolute atomic E-state index is 12.7. The van der Waals surface area contributed by atoms with Gasteiger partial charge in [-0.2, -0.15) is 0 Å². The first-order chi connectivity index (χ1) is 14.2. The molecule has 0 aliphatic heterocycles. The van der Waals surface area contributed by atoms with Gasteiger partial charge in [0.1, 0.15) is 5.75 Å². The van der Waals surface area contributed by atoms with Crippen molar-refractivity contribution >= 4 is 56.2 Å². The molecule has 0 unspecified atom stereocenters. The van der Waals surface area contributed by atoms with Gasteiger partial charge in [0.25, 0.3) is 15.9 Å². The predicted octanol–water partition coefficient (Wildman–Crippen LogP) is 4.64. The van der Waals surface area contributed by atoms with Crippen molar-refractivity contribution in [3.8, 4) is 5.75 Å². The Kier molecular flexibility index (Phi) is 6.40. The lowest BCUT2D eigenvalue weighted by atomic mass is 10.2. The van der Waals surface area contributed by atoms with E-state index in [9.17, 15) is 13.2 Å². The van der Waals surface area contributed by atoms with Crippen LogP contribution < -0.4 is 20.5 Å². The summed E-state index contributed by atoms with van der Waals surface area (Å²) in [7, 11) is -2.49. The number of rotatable bonds is 6. The fourth-order valence-corrected chi connectivity index (χ4v) is 3.92. The van der Waals surface area contributed by atoms with Gasteiger partial charge in [-0.25, -0.2) is 8.42 Å². The van der Waals surface area contributed by atoms with Crippen molar-refractivity contribution in [1.29, 1.82) is 0 Å². The maximum Gasteiger partial charge on any atom is 0.262 e. The summed E-state index contributed by atoms with van der Waals surface area (Å²) in [6, 6.07) is 14.8. The Morgan fingerprint density at radius 2 is 1.67 bits per heavy atom. The number of amides is 1. The fraction of sp³-hybridized carbons (Fsp3) is 0.0500. The summed E-state index contributed by atoms with van der Waals surface area (Å²) in [6.07, 6.45) is 0. The van der Waals surface area contributed by atoms with Gasteiger partial charge in [0, 0.05) is 16.9 Å². The number of nitrogens with one attached hydrogen (secondary N) is 2. The number of carbonyl (C=O) groups excluding carboxylic acids is 1. The average molecular weight is 466 g/mol. The van der Waals surface area contributed by atoms with Crippen LogP contribution in [0.2, 0.25) is 10.0 Å². The lowest BCUT2D eigenvalue weighted by Gasteiger charge is -2.14. The lowest BCUT2D eigenvalue weighted by molar-refractivity contribution is 0.102. The highest BCUT2D eigenvalue weighted by atomic mass is 35.5. The van der Waals surface area contributed by atoms with Crippen molar-refractivity contribution in [2.45, 2.75) is 4.90 Å². The van der Waals surface area contributed by atoms with E-state index in [0.717, 1.165) is 0 Å². The van der Waals surface area contributed by atoms with E-state index < -0.39 is 15.9 Å². The number of nitrogens with two attached hydrogens (primary N) is 1. The van der Waals surface area contributed by atoms with E-state index in [1.165, 1.54) is 61.7 Å². The first-order valence-corrected chi connectivity index (χ1v) is 10.8. The lowest BCUT2D eigenvalue weighted by Crippen LogP contribution is -2.15. The summed E-state index contributed by atoms with van der Waals surface area (Å²) < 4.78 is 33.1. The van der Waals surface area contributed by atoms with Crippen LogP contribution in [0, 0.1) is 0 Å². The zero-order chi connectivity index (χ0) is 21.9. The van der Waals surface area contributed by atoms with Crippen LogP contribution in [0.1, 0.15) is 10.4 Å². The predicted molar refractivity (Wildman–Crippen MR) is 119 cm³/mol. The van der Waals surface area contributed by atoms with Crippen LogP contribution in [0.4, 0.5) is 17.1 Å². The number of halogens is 2. The molecule has 0 aliphatic rings. The Morgan fingerprint density at radius 3 is 2.30 bits per heavy atom. The Labute approximate surface area is 183 Å². The summed E-state index contributed by atoms with van der Waals surface area (Å²) in [5.41, 5.74) is 6.85. The molecule has 0 radical (unpaired) electrons. The third kappa shape index (κ3) is 4.96. The highest BCUT2D eigenvalue weighted by molar-refractivity contribution is 7.92. The zero-order valence-electron chi connectivity index (χ0n) is 15.6. The van der Waals surface area contributed by atoms with Crippen molar-refractivity contribution < 1.29 is 17.9 Å². The van der Waals surface area contributed by atoms with E-state index in [2.05, 4.69) is 10.0 Å². The molecule has 0 saturated carbocycles. The second kappa shape index (κ2) is 8.83. The molecule has 3 aromatic rings. The van der Waals surface area contributed by atoms with Gasteiger partial charge in [-0.1, -0.05) is 23.2 Å². The summed E-state index contributed by atoms with van der Waals surface area (Å²) in [6.45, 7) is 0. The molecular formula is C20H17Cl2N3O4S. The maximum atomic E-state index is 12.7. The van der Waals surface area contributed by atoms with Crippen LogP contribution >= 0.6 is 23.2 Å². The Bertz CT molecular complexity index is 1200. The summed E-state index contributed by atoms with van der Waals surface area (Å²) >= 11 is 11.8. The number of nitrogen functional groups attached to an aromatic ring is 1. The standard InChI is InChI=1S/C20H17Cl2N3O4S/c1-29-19-9-5-14(24-20(26)12-2-8-16(21)17(22)10-12)11-18(19)25-30(27,28)15-6-3-13(23)4-7-15/h2-11,25H,23H2,1H3,(H,24,26). The van der Waals surface area contributed by atoms with Crippen LogP contribution in [0.25, 0.3) is 0 Å². The van der Waals surface area contributed by atoms with E-state index >= 15 is 0 Å². The smallest absolute Gasteiger partial charge is 0.262 e. The number of ether oxygens (including phenoxy) is 1. The van der Waals surface area contributed by atoms with E-state index in [4.69, 9.17) is 33.7 Å². The number of hydrogen-bond donors (Lipinski definition) is 3. The molecule has 10 heteroatoms. The number of hydrogen-bond acceptors (Lipinski definition) is 5. The highest BCUT2D eigenvalue weighted by Gasteiger charge is 2.18. The zero-order valence-corrected chi connectivity index (χ0v) is 18.0. The topological polar surface area (TPSA) is 111 Å². The Hall–Kier alpha value is -2.94. The van der Waals surface area contributed by atoms with Crippen LogP contribution in [0.3, 0.4) is 0 Å². The van der Waals surface area contributed by atoms with Crippen molar-refractivity contribution in [1.82, 2.24) is 0 Å². The SMILES string of the molecule is COc1ccc(NC(=O)c2ccc(Cl)c(Cl)c2)cc1NS(=O)(=O)c1ccc(N)cc1. The van der Waals surface area contributed by atoms with Gasteiger partial charge < -0.3 is 15.8 Å². The number of methoxy groups -OCH3 is 1. The first-order valence-electron chi connectivity index (χ1n) is 8.52. The third-order valence-electron chi connectivity index (χ3n) is 4.07.